The minimum Gasteiger partial charge on any atom is -0.374 e. The molecule has 0 heterocycles. The predicted octanol–water partition coefficient (Wildman–Crippen LogP) is 4.51. The van der Waals surface area contributed by atoms with Crippen LogP contribution in [-0.2, 0) is 19.7 Å². The standard InChI is InChI=1S/C19H32O4Si/c1-7-21-24(22-8-2,23-9-3)15-14-16-12-10-11-13-17(16)18(20)19(4,5)6/h10-13H,7-9,14-15H2,1-6H3. The molecular weight excluding hydrogens is 320 g/mol. The Bertz CT molecular complexity index is 505. The highest BCUT2D eigenvalue weighted by Gasteiger charge is 2.40. The second-order valence-electron chi connectivity index (χ2n) is 6.72. The molecule has 0 radical (unpaired) electrons. The van der Waals surface area contributed by atoms with Crippen molar-refractivity contribution in [2.75, 3.05) is 19.8 Å². The molecular formula is C19H32O4Si. The zero-order valence-corrected chi connectivity index (χ0v) is 17.0. The summed E-state index contributed by atoms with van der Waals surface area (Å²) < 4.78 is 17.7. The maximum Gasteiger partial charge on any atom is 0.501 e. The molecule has 5 heteroatoms. The van der Waals surface area contributed by atoms with E-state index >= 15 is 0 Å². The summed E-state index contributed by atoms with van der Waals surface area (Å²) in [5, 5.41) is 0. The van der Waals surface area contributed by atoms with Gasteiger partial charge in [0.1, 0.15) is 0 Å². The number of rotatable bonds is 10. The highest BCUT2D eigenvalue weighted by molar-refractivity contribution is 6.60. The van der Waals surface area contributed by atoms with Crippen molar-refractivity contribution < 1.29 is 18.1 Å². The van der Waals surface area contributed by atoms with Crippen LogP contribution in [0.15, 0.2) is 24.3 Å². The van der Waals surface area contributed by atoms with Gasteiger partial charge in [-0.25, -0.2) is 0 Å². The fraction of sp³-hybridized carbons (Fsp3) is 0.632. The molecule has 0 amide bonds. The topological polar surface area (TPSA) is 44.8 Å². The van der Waals surface area contributed by atoms with Crippen molar-refractivity contribution in [3.05, 3.63) is 35.4 Å². The van der Waals surface area contributed by atoms with Crippen LogP contribution >= 0.6 is 0 Å². The summed E-state index contributed by atoms with van der Waals surface area (Å²) in [5.41, 5.74) is 1.43. The van der Waals surface area contributed by atoms with Gasteiger partial charge in [0.2, 0.25) is 0 Å². The first-order chi connectivity index (χ1) is 11.3. The second kappa shape index (κ2) is 9.46. The Morgan fingerprint density at radius 2 is 1.46 bits per heavy atom. The van der Waals surface area contributed by atoms with E-state index in [2.05, 4.69) is 0 Å². The number of benzene rings is 1. The smallest absolute Gasteiger partial charge is 0.374 e. The average Bonchev–Trinajstić information content (AvgIpc) is 2.52. The summed E-state index contributed by atoms with van der Waals surface area (Å²) in [6, 6.07) is 8.49. The van der Waals surface area contributed by atoms with Gasteiger partial charge in [-0.3, -0.25) is 4.79 Å². The van der Waals surface area contributed by atoms with Gasteiger partial charge in [-0.1, -0.05) is 45.0 Å². The maximum atomic E-state index is 12.7. The van der Waals surface area contributed by atoms with Crippen LogP contribution in [0.3, 0.4) is 0 Å². The summed E-state index contributed by atoms with van der Waals surface area (Å²) in [6.07, 6.45) is 0.713. The first kappa shape index (κ1) is 21.0. The molecule has 1 aromatic carbocycles. The SMILES string of the molecule is CCO[Si](CCc1ccccc1C(=O)C(C)(C)C)(OCC)OCC. The highest BCUT2D eigenvalue weighted by atomic mass is 28.4. The number of hydrogen-bond acceptors (Lipinski definition) is 4. The van der Waals surface area contributed by atoms with Gasteiger partial charge in [0, 0.05) is 36.8 Å². The largest absolute Gasteiger partial charge is 0.501 e. The summed E-state index contributed by atoms with van der Waals surface area (Å²) in [7, 11) is -2.69. The van der Waals surface area contributed by atoms with Crippen molar-refractivity contribution in [2.45, 2.75) is 54.0 Å². The molecule has 0 aliphatic rings. The van der Waals surface area contributed by atoms with Gasteiger partial charge in [0.25, 0.3) is 0 Å². The van der Waals surface area contributed by atoms with Crippen LogP contribution in [0.2, 0.25) is 6.04 Å². The van der Waals surface area contributed by atoms with Crippen molar-refractivity contribution in [2.24, 2.45) is 5.41 Å². The second-order valence-corrected chi connectivity index (χ2v) is 9.45. The lowest BCUT2D eigenvalue weighted by atomic mass is 9.84. The predicted molar refractivity (Wildman–Crippen MR) is 99.4 cm³/mol. The van der Waals surface area contributed by atoms with Gasteiger partial charge in [-0.15, -0.1) is 0 Å². The van der Waals surface area contributed by atoms with Crippen LogP contribution in [0.1, 0.15) is 57.5 Å². The van der Waals surface area contributed by atoms with Crippen LogP contribution < -0.4 is 0 Å². The van der Waals surface area contributed by atoms with E-state index < -0.39 is 14.2 Å². The lowest BCUT2D eigenvalue weighted by Crippen LogP contribution is -2.46. The Hall–Kier alpha value is -1.01. The Labute approximate surface area is 147 Å². The number of hydrogen-bond donors (Lipinski definition) is 0. The molecule has 0 atom stereocenters. The molecule has 0 N–H and O–H groups in total. The van der Waals surface area contributed by atoms with Crippen molar-refractivity contribution in [3.63, 3.8) is 0 Å². The lowest BCUT2D eigenvalue weighted by Gasteiger charge is -2.29. The Kier molecular flexibility index (Phi) is 8.29. The number of carbonyl (C=O) groups is 1. The van der Waals surface area contributed by atoms with Gasteiger partial charge in [-0.05, 0) is 32.8 Å². The monoisotopic (exact) mass is 352 g/mol. The molecule has 0 saturated heterocycles. The highest BCUT2D eigenvalue weighted by Crippen LogP contribution is 2.26. The van der Waals surface area contributed by atoms with Crippen molar-refractivity contribution in [3.8, 4) is 0 Å². The Morgan fingerprint density at radius 1 is 0.958 bits per heavy atom. The first-order valence-electron chi connectivity index (χ1n) is 8.84. The van der Waals surface area contributed by atoms with Crippen LogP contribution in [-0.4, -0.2) is 34.4 Å². The third-order valence-electron chi connectivity index (χ3n) is 3.74. The molecule has 0 aromatic heterocycles. The molecule has 0 spiro atoms. The number of Topliss-reactive ketones (excluding diaryl/α,β-unsaturated/α-hetero) is 1. The molecule has 4 nitrogen and oxygen atoms in total. The van der Waals surface area contributed by atoms with E-state index in [1.807, 2.05) is 65.8 Å². The number of ketones is 1. The van der Waals surface area contributed by atoms with Gasteiger partial charge >= 0.3 is 8.80 Å². The lowest BCUT2D eigenvalue weighted by molar-refractivity contribution is 0.0712. The fourth-order valence-electron chi connectivity index (χ4n) is 2.65. The van der Waals surface area contributed by atoms with E-state index in [1.165, 1.54) is 0 Å². The van der Waals surface area contributed by atoms with Gasteiger partial charge in [-0.2, -0.15) is 0 Å². The molecule has 0 unspecified atom stereocenters. The average molecular weight is 353 g/mol. The molecule has 0 fully saturated rings. The molecule has 0 saturated carbocycles. The summed E-state index contributed by atoms with van der Waals surface area (Å²) in [5.74, 6) is 0.162. The molecule has 0 aliphatic heterocycles. The van der Waals surface area contributed by atoms with E-state index in [9.17, 15) is 4.79 Å². The fourth-order valence-corrected chi connectivity index (χ4v) is 5.23. The number of carbonyl (C=O) groups excluding carboxylic acids is 1. The van der Waals surface area contributed by atoms with Crippen molar-refractivity contribution >= 4 is 14.6 Å². The Morgan fingerprint density at radius 3 is 1.92 bits per heavy atom. The third kappa shape index (κ3) is 5.81. The quantitative estimate of drug-likeness (QED) is 0.459. The first-order valence-corrected chi connectivity index (χ1v) is 10.8. The van der Waals surface area contributed by atoms with E-state index in [-0.39, 0.29) is 5.78 Å². The van der Waals surface area contributed by atoms with E-state index in [1.54, 1.807) is 0 Å². The van der Waals surface area contributed by atoms with Crippen molar-refractivity contribution in [1.29, 1.82) is 0 Å². The van der Waals surface area contributed by atoms with Crippen LogP contribution in [0.4, 0.5) is 0 Å². The summed E-state index contributed by atoms with van der Waals surface area (Å²) in [4.78, 5) is 12.7. The maximum absolute atomic E-state index is 12.7. The summed E-state index contributed by atoms with van der Waals surface area (Å²) >= 11 is 0. The molecule has 1 rings (SSSR count). The molecule has 0 aliphatic carbocycles. The zero-order valence-electron chi connectivity index (χ0n) is 16.0. The summed E-state index contributed by atoms with van der Waals surface area (Å²) in [6.45, 7) is 13.4. The minimum atomic E-state index is -2.69. The van der Waals surface area contributed by atoms with E-state index in [0.717, 1.165) is 11.1 Å². The number of aryl methyl sites for hydroxylation is 1. The third-order valence-corrected chi connectivity index (χ3v) is 6.78. The van der Waals surface area contributed by atoms with Gasteiger partial charge in [0.05, 0.1) is 0 Å². The van der Waals surface area contributed by atoms with Crippen LogP contribution in [0, 0.1) is 5.41 Å². The molecule has 0 bridgehead atoms. The Balaban J connectivity index is 3.01. The van der Waals surface area contributed by atoms with E-state index in [4.69, 9.17) is 13.3 Å². The zero-order chi connectivity index (χ0) is 18.2. The molecule has 1 aromatic rings. The van der Waals surface area contributed by atoms with Crippen molar-refractivity contribution in [1.82, 2.24) is 0 Å². The van der Waals surface area contributed by atoms with Crippen LogP contribution in [0.5, 0.6) is 0 Å². The van der Waals surface area contributed by atoms with Gasteiger partial charge < -0.3 is 13.3 Å². The molecule has 136 valence electrons. The normalized spacial score (nSPS) is 12.4. The van der Waals surface area contributed by atoms with Crippen LogP contribution in [0.25, 0.3) is 0 Å². The minimum absolute atomic E-state index is 0.162. The van der Waals surface area contributed by atoms with E-state index in [0.29, 0.717) is 32.3 Å². The van der Waals surface area contributed by atoms with Gasteiger partial charge in [0.15, 0.2) is 5.78 Å². The molecule has 24 heavy (non-hydrogen) atoms.